The Morgan fingerprint density at radius 3 is 2.52 bits per heavy atom. The number of benzene rings is 1. The zero-order valence-corrected chi connectivity index (χ0v) is 15.7. The van der Waals surface area contributed by atoms with Crippen molar-refractivity contribution in [3.8, 4) is 23.0 Å². The number of thioether (sulfide) groups is 1. The van der Waals surface area contributed by atoms with E-state index in [2.05, 4.69) is 22.4 Å². The molecule has 0 aliphatic heterocycles. The van der Waals surface area contributed by atoms with Gasteiger partial charge in [-0.05, 0) is 25.5 Å². The first kappa shape index (κ1) is 19.1. The summed E-state index contributed by atoms with van der Waals surface area (Å²) in [6.45, 7) is 4.08. The quantitative estimate of drug-likeness (QED) is 0.683. The van der Waals surface area contributed by atoms with Crippen molar-refractivity contribution in [3.63, 3.8) is 0 Å². The molecule has 1 heterocycles. The van der Waals surface area contributed by atoms with Crippen LogP contribution >= 0.6 is 11.8 Å². The van der Waals surface area contributed by atoms with Crippen molar-refractivity contribution in [2.75, 3.05) is 20.0 Å². The maximum atomic E-state index is 11.9. The SMILES string of the molecule is CCCC(C)NC(=O)CSc1nnc(-c2cc(OC)cc(OC)c2)o1. The van der Waals surface area contributed by atoms with Gasteiger partial charge >= 0.3 is 0 Å². The summed E-state index contributed by atoms with van der Waals surface area (Å²) in [6.07, 6.45) is 1.99. The summed E-state index contributed by atoms with van der Waals surface area (Å²) in [7, 11) is 3.15. The molecule has 2 aromatic rings. The Kier molecular flexibility index (Phi) is 7.12. The van der Waals surface area contributed by atoms with Crippen LogP contribution in [0.2, 0.25) is 0 Å². The van der Waals surface area contributed by atoms with E-state index in [1.165, 1.54) is 11.8 Å². The van der Waals surface area contributed by atoms with Gasteiger partial charge in [-0.3, -0.25) is 4.79 Å². The van der Waals surface area contributed by atoms with Crippen LogP contribution in [-0.2, 0) is 4.79 Å². The van der Waals surface area contributed by atoms with Crippen molar-refractivity contribution in [1.29, 1.82) is 0 Å². The van der Waals surface area contributed by atoms with Crippen LogP contribution in [0.3, 0.4) is 0 Å². The van der Waals surface area contributed by atoms with Crippen molar-refractivity contribution in [2.45, 2.75) is 38.0 Å². The molecule has 1 unspecified atom stereocenters. The molecular weight excluding hydrogens is 342 g/mol. The monoisotopic (exact) mass is 365 g/mol. The summed E-state index contributed by atoms with van der Waals surface area (Å²) in [6, 6.07) is 5.49. The van der Waals surface area contributed by atoms with Gasteiger partial charge in [0.05, 0.1) is 20.0 Å². The van der Waals surface area contributed by atoms with Gasteiger partial charge in [-0.2, -0.15) is 0 Å². The fourth-order valence-electron chi connectivity index (χ4n) is 2.26. The third-order valence-electron chi connectivity index (χ3n) is 3.46. The van der Waals surface area contributed by atoms with Gasteiger partial charge in [-0.25, -0.2) is 0 Å². The molecule has 136 valence electrons. The fourth-order valence-corrected chi connectivity index (χ4v) is 2.84. The van der Waals surface area contributed by atoms with Gasteiger partial charge in [0.25, 0.3) is 5.22 Å². The highest BCUT2D eigenvalue weighted by Crippen LogP contribution is 2.30. The number of amides is 1. The van der Waals surface area contributed by atoms with E-state index in [1.807, 2.05) is 6.92 Å². The van der Waals surface area contributed by atoms with E-state index < -0.39 is 0 Å². The minimum atomic E-state index is -0.0475. The molecule has 1 atom stereocenters. The third kappa shape index (κ3) is 5.67. The zero-order valence-electron chi connectivity index (χ0n) is 14.9. The smallest absolute Gasteiger partial charge is 0.277 e. The summed E-state index contributed by atoms with van der Waals surface area (Å²) in [4.78, 5) is 11.9. The predicted octanol–water partition coefficient (Wildman–Crippen LogP) is 3.15. The molecule has 1 aromatic carbocycles. The number of hydrogen-bond donors (Lipinski definition) is 1. The minimum absolute atomic E-state index is 0.0475. The van der Waals surface area contributed by atoms with Crippen LogP contribution in [0.25, 0.3) is 11.5 Å². The number of nitrogens with one attached hydrogen (secondary N) is 1. The number of nitrogens with zero attached hydrogens (tertiary/aromatic N) is 2. The lowest BCUT2D eigenvalue weighted by atomic mass is 10.2. The van der Waals surface area contributed by atoms with Crippen LogP contribution in [0.5, 0.6) is 11.5 Å². The largest absolute Gasteiger partial charge is 0.497 e. The van der Waals surface area contributed by atoms with Crippen LogP contribution < -0.4 is 14.8 Å². The molecule has 1 aromatic heterocycles. The van der Waals surface area contributed by atoms with Crippen LogP contribution in [-0.4, -0.2) is 42.1 Å². The summed E-state index contributed by atoms with van der Waals surface area (Å²) >= 11 is 1.21. The Bertz CT molecular complexity index is 683. The van der Waals surface area contributed by atoms with Gasteiger partial charge < -0.3 is 19.2 Å². The van der Waals surface area contributed by atoms with E-state index in [0.717, 1.165) is 12.8 Å². The summed E-state index contributed by atoms with van der Waals surface area (Å²) < 4.78 is 16.1. The number of hydrogen-bond acceptors (Lipinski definition) is 7. The topological polar surface area (TPSA) is 86.5 Å². The van der Waals surface area contributed by atoms with Crippen molar-refractivity contribution in [3.05, 3.63) is 18.2 Å². The molecule has 0 aliphatic rings. The molecule has 25 heavy (non-hydrogen) atoms. The molecule has 1 amide bonds. The Hall–Kier alpha value is -2.22. The van der Waals surface area contributed by atoms with Gasteiger partial charge in [0.2, 0.25) is 11.8 Å². The van der Waals surface area contributed by atoms with Gasteiger partial charge in [0.15, 0.2) is 0 Å². The van der Waals surface area contributed by atoms with Crippen LogP contribution in [0.4, 0.5) is 0 Å². The molecule has 0 spiro atoms. The number of methoxy groups -OCH3 is 2. The van der Waals surface area contributed by atoms with E-state index in [9.17, 15) is 4.79 Å². The van der Waals surface area contributed by atoms with E-state index in [1.54, 1.807) is 32.4 Å². The highest BCUT2D eigenvalue weighted by Gasteiger charge is 2.14. The second kappa shape index (κ2) is 9.31. The maximum Gasteiger partial charge on any atom is 0.277 e. The first-order valence-corrected chi connectivity index (χ1v) is 9.03. The number of ether oxygens (including phenoxy) is 2. The number of carbonyl (C=O) groups excluding carboxylic acids is 1. The Labute approximate surface area is 151 Å². The number of rotatable bonds is 9. The molecule has 0 saturated heterocycles. The van der Waals surface area contributed by atoms with E-state index >= 15 is 0 Å². The Balaban J connectivity index is 1.99. The molecular formula is C17H23N3O4S. The molecule has 0 aliphatic carbocycles. The van der Waals surface area contributed by atoms with E-state index in [-0.39, 0.29) is 17.7 Å². The highest BCUT2D eigenvalue weighted by molar-refractivity contribution is 7.99. The van der Waals surface area contributed by atoms with Crippen LogP contribution in [0.1, 0.15) is 26.7 Å². The summed E-state index contributed by atoms with van der Waals surface area (Å²) in [5.74, 6) is 1.79. The van der Waals surface area contributed by atoms with E-state index in [0.29, 0.717) is 28.2 Å². The Morgan fingerprint density at radius 2 is 1.92 bits per heavy atom. The third-order valence-corrected chi connectivity index (χ3v) is 4.28. The normalized spacial score (nSPS) is 11.8. The summed E-state index contributed by atoms with van der Waals surface area (Å²) in [5, 5.41) is 11.3. The van der Waals surface area contributed by atoms with Crippen LogP contribution in [0.15, 0.2) is 27.8 Å². The second-order valence-electron chi connectivity index (χ2n) is 5.52. The van der Waals surface area contributed by atoms with Gasteiger partial charge in [-0.1, -0.05) is 25.1 Å². The van der Waals surface area contributed by atoms with Crippen molar-refractivity contribution in [2.24, 2.45) is 0 Å². The van der Waals surface area contributed by atoms with Crippen molar-refractivity contribution in [1.82, 2.24) is 15.5 Å². The lowest BCUT2D eigenvalue weighted by Crippen LogP contribution is -2.33. The highest BCUT2D eigenvalue weighted by atomic mass is 32.2. The minimum Gasteiger partial charge on any atom is -0.497 e. The van der Waals surface area contributed by atoms with Crippen molar-refractivity contribution < 1.29 is 18.7 Å². The van der Waals surface area contributed by atoms with Crippen LogP contribution in [0, 0.1) is 0 Å². The summed E-state index contributed by atoms with van der Waals surface area (Å²) in [5.41, 5.74) is 0.691. The molecule has 0 radical (unpaired) electrons. The zero-order chi connectivity index (χ0) is 18.2. The lowest BCUT2D eigenvalue weighted by molar-refractivity contribution is -0.119. The van der Waals surface area contributed by atoms with Gasteiger partial charge in [-0.15, -0.1) is 10.2 Å². The maximum absolute atomic E-state index is 11.9. The first-order chi connectivity index (χ1) is 12.0. The number of aromatic nitrogens is 2. The molecule has 7 nitrogen and oxygen atoms in total. The average Bonchev–Trinajstić information content (AvgIpc) is 3.08. The lowest BCUT2D eigenvalue weighted by Gasteiger charge is -2.11. The Morgan fingerprint density at radius 1 is 1.24 bits per heavy atom. The van der Waals surface area contributed by atoms with Crippen molar-refractivity contribution >= 4 is 17.7 Å². The molecule has 0 bridgehead atoms. The second-order valence-corrected chi connectivity index (χ2v) is 6.45. The fraction of sp³-hybridized carbons (Fsp3) is 0.471. The predicted molar refractivity (Wildman–Crippen MR) is 96.1 cm³/mol. The average molecular weight is 365 g/mol. The molecule has 2 rings (SSSR count). The molecule has 0 saturated carbocycles. The molecule has 1 N–H and O–H groups in total. The molecule has 0 fully saturated rings. The number of carbonyl (C=O) groups is 1. The first-order valence-electron chi connectivity index (χ1n) is 8.04. The van der Waals surface area contributed by atoms with E-state index in [4.69, 9.17) is 13.9 Å². The molecule has 8 heteroatoms. The standard InChI is InChI=1S/C17H23N3O4S/c1-5-6-11(2)18-15(21)10-25-17-20-19-16(24-17)12-7-13(22-3)9-14(8-12)23-4/h7-9,11H,5-6,10H2,1-4H3,(H,18,21). The van der Waals surface area contributed by atoms with Gasteiger partial charge in [0, 0.05) is 17.7 Å². The van der Waals surface area contributed by atoms with Gasteiger partial charge in [0.1, 0.15) is 11.5 Å².